The quantitative estimate of drug-likeness (QED) is 0.239. The highest BCUT2D eigenvalue weighted by Crippen LogP contribution is 2.31. The van der Waals surface area contributed by atoms with E-state index >= 15 is 0 Å². The monoisotopic (exact) mass is 544 g/mol. The second-order valence-electron chi connectivity index (χ2n) is 6.95. The van der Waals surface area contributed by atoms with Crippen molar-refractivity contribution in [3.05, 3.63) is 59.7 Å². The molecule has 31 heavy (non-hydrogen) atoms. The van der Waals surface area contributed by atoms with Crippen LogP contribution in [0.1, 0.15) is 31.9 Å². The number of amides is 1. The van der Waals surface area contributed by atoms with Crippen molar-refractivity contribution >= 4 is 41.5 Å². The molecule has 9 heteroatoms. The molecule has 0 saturated heterocycles. The molecule has 0 radical (unpaired) electrons. The maximum absolute atomic E-state index is 14.0. The third-order valence-corrected chi connectivity index (χ3v) is 4.74. The number of hydrogen-bond acceptors (Lipinski definition) is 3. The summed E-state index contributed by atoms with van der Waals surface area (Å²) in [6, 6.07) is 10.6. The molecule has 6 nitrogen and oxygen atoms in total. The summed E-state index contributed by atoms with van der Waals surface area (Å²) in [5.41, 5.74) is 1.13. The Morgan fingerprint density at radius 3 is 2.77 bits per heavy atom. The summed E-state index contributed by atoms with van der Waals surface area (Å²) >= 11 is 0. The SMILES string of the molecule is CCNC(=NCCCN1C(=O)COc2ccccc21)NC(C)c1ccc(F)cc1F.I. The highest BCUT2D eigenvalue weighted by atomic mass is 127. The molecule has 0 fully saturated rings. The van der Waals surface area contributed by atoms with Crippen LogP contribution in [0.2, 0.25) is 0 Å². The number of carbonyl (C=O) groups excluding carboxylic acids is 1. The molecule has 2 aromatic rings. The van der Waals surface area contributed by atoms with Crippen molar-refractivity contribution in [1.29, 1.82) is 0 Å². The van der Waals surface area contributed by atoms with E-state index in [0.29, 0.717) is 43.3 Å². The number of ether oxygens (including phenoxy) is 1. The number of halogens is 3. The van der Waals surface area contributed by atoms with Crippen molar-refractivity contribution < 1.29 is 18.3 Å². The molecule has 1 atom stereocenters. The molecular formula is C22H27F2IN4O2. The van der Waals surface area contributed by atoms with Gasteiger partial charge in [0.1, 0.15) is 17.4 Å². The summed E-state index contributed by atoms with van der Waals surface area (Å²) in [4.78, 5) is 18.5. The average molecular weight is 544 g/mol. The van der Waals surface area contributed by atoms with Gasteiger partial charge in [-0.15, -0.1) is 24.0 Å². The lowest BCUT2D eigenvalue weighted by molar-refractivity contribution is -0.121. The Bertz CT molecular complexity index is 926. The van der Waals surface area contributed by atoms with Crippen LogP contribution in [0.5, 0.6) is 5.75 Å². The molecule has 2 aromatic carbocycles. The van der Waals surface area contributed by atoms with Crippen LogP contribution in [0.4, 0.5) is 14.5 Å². The number of aliphatic imine (C=N–C) groups is 1. The maximum Gasteiger partial charge on any atom is 0.265 e. The van der Waals surface area contributed by atoms with Gasteiger partial charge in [0.2, 0.25) is 0 Å². The fourth-order valence-electron chi connectivity index (χ4n) is 3.27. The predicted octanol–water partition coefficient (Wildman–Crippen LogP) is 4.01. The number of benzene rings is 2. The van der Waals surface area contributed by atoms with E-state index in [-0.39, 0.29) is 36.5 Å². The second kappa shape index (κ2) is 11.8. The van der Waals surface area contributed by atoms with Crippen molar-refractivity contribution in [3.8, 4) is 5.75 Å². The highest BCUT2D eigenvalue weighted by Gasteiger charge is 2.24. The summed E-state index contributed by atoms with van der Waals surface area (Å²) < 4.78 is 32.6. The normalized spacial score (nSPS) is 14.3. The lowest BCUT2D eigenvalue weighted by Crippen LogP contribution is -2.40. The number of guanidine groups is 1. The van der Waals surface area contributed by atoms with Crippen LogP contribution >= 0.6 is 24.0 Å². The fourth-order valence-corrected chi connectivity index (χ4v) is 3.27. The van der Waals surface area contributed by atoms with Gasteiger partial charge in [0.15, 0.2) is 12.6 Å². The molecule has 1 aliphatic heterocycles. The molecule has 1 aliphatic rings. The molecule has 0 aliphatic carbocycles. The van der Waals surface area contributed by atoms with Crippen LogP contribution < -0.4 is 20.3 Å². The number of hydrogen-bond donors (Lipinski definition) is 2. The van der Waals surface area contributed by atoms with Crippen molar-refractivity contribution in [1.82, 2.24) is 10.6 Å². The Morgan fingerprint density at radius 2 is 2.03 bits per heavy atom. The Balaban J connectivity index is 0.00000341. The number of fused-ring (bicyclic) bond motifs is 1. The van der Waals surface area contributed by atoms with Crippen LogP contribution in [0.25, 0.3) is 0 Å². The van der Waals surface area contributed by atoms with Gasteiger partial charge >= 0.3 is 0 Å². The van der Waals surface area contributed by atoms with E-state index in [1.165, 1.54) is 12.1 Å². The zero-order valence-corrected chi connectivity index (χ0v) is 19.9. The highest BCUT2D eigenvalue weighted by molar-refractivity contribution is 14.0. The van der Waals surface area contributed by atoms with E-state index in [4.69, 9.17) is 4.74 Å². The summed E-state index contributed by atoms with van der Waals surface area (Å²) in [6.45, 7) is 5.38. The smallest absolute Gasteiger partial charge is 0.265 e. The number of nitrogens with one attached hydrogen (secondary N) is 2. The standard InChI is InChI=1S/C22H26F2N4O2.HI/c1-3-25-22(27-15(2)17-10-9-16(23)13-18(17)24)26-11-6-12-28-19-7-4-5-8-20(19)30-14-21(28)29;/h4-5,7-10,13,15H,3,6,11-12,14H2,1-2H3,(H2,25,26,27);1H. The third-order valence-electron chi connectivity index (χ3n) is 4.74. The third kappa shape index (κ3) is 6.52. The number of rotatable bonds is 7. The van der Waals surface area contributed by atoms with E-state index in [2.05, 4.69) is 15.6 Å². The summed E-state index contributed by atoms with van der Waals surface area (Å²) in [5.74, 6) is -0.0603. The molecule has 0 aromatic heterocycles. The molecule has 0 spiro atoms. The zero-order chi connectivity index (χ0) is 21.5. The predicted molar refractivity (Wildman–Crippen MR) is 128 cm³/mol. The molecule has 168 valence electrons. The number of para-hydroxylation sites is 2. The van der Waals surface area contributed by atoms with E-state index in [1.54, 1.807) is 11.8 Å². The first-order chi connectivity index (χ1) is 14.5. The number of nitrogens with zero attached hydrogens (tertiary/aromatic N) is 2. The van der Waals surface area contributed by atoms with Crippen LogP contribution in [0, 0.1) is 11.6 Å². The van der Waals surface area contributed by atoms with Crippen LogP contribution in [-0.4, -0.2) is 38.1 Å². The van der Waals surface area contributed by atoms with Gasteiger partial charge in [-0.1, -0.05) is 18.2 Å². The van der Waals surface area contributed by atoms with Crippen LogP contribution in [0.15, 0.2) is 47.5 Å². The topological polar surface area (TPSA) is 66.0 Å². The van der Waals surface area contributed by atoms with E-state index in [0.717, 1.165) is 11.8 Å². The molecular weight excluding hydrogens is 517 g/mol. The lowest BCUT2D eigenvalue weighted by Gasteiger charge is -2.29. The average Bonchev–Trinajstić information content (AvgIpc) is 2.72. The first-order valence-corrected chi connectivity index (χ1v) is 10.0. The lowest BCUT2D eigenvalue weighted by atomic mass is 10.1. The Kier molecular flexibility index (Phi) is 9.47. The van der Waals surface area contributed by atoms with Gasteiger partial charge in [-0.2, -0.15) is 0 Å². The molecule has 1 unspecified atom stereocenters. The maximum atomic E-state index is 14.0. The van der Waals surface area contributed by atoms with Crippen LogP contribution in [-0.2, 0) is 4.79 Å². The molecule has 2 N–H and O–H groups in total. The minimum atomic E-state index is -0.608. The molecule has 1 amide bonds. The summed E-state index contributed by atoms with van der Waals surface area (Å²) in [6.07, 6.45) is 0.649. The van der Waals surface area contributed by atoms with Gasteiger partial charge < -0.3 is 20.3 Å². The Morgan fingerprint density at radius 1 is 1.26 bits per heavy atom. The van der Waals surface area contributed by atoms with E-state index < -0.39 is 17.7 Å². The Labute approximate surface area is 198 Å². The van der Waals surface area contributed by atoms with Gasteiger partial charge in [0.25, 0.3) is 5.91 Å². The zero-order valence-electron chi connectivity index (χ0n) is 17.5. The largest absolute Gasteiger partial charge is 0.482 e. The van der Waals surface area contributed by atoms with Gasteiger partial charge in [-0.05, 0) is 38.5 Å². The van der Waals surface area contributed by atoms with Gasteiger partial charge in [-0.25, -0.2) is 8.78 Å². The number of anilines is 1. The number of carbonyl (C=O) groups is 1. The summed E-state index contributed by atoms with van der Waals surface area (Å²) in [5, 5.41) is 6.25. The van der Waals surface area contributed by atoms with E-state index in [9.17, 15) is 13.6 Å². The molecule has 0 saturated carbocycles. The molecule has 0 bridgehead atoms. The van der Waals surface area contributed by atoms with Crippen molar-refractivity contribution in [3.63, 3.8) is 0 Å². The first kappa shape index (κ1) is 24.8. The van der Waals surface area contributed by atoms with Gasteiger partial charge in [0.05, 0.1) is 11.7 Å². The molecule has 1 heterocycles. The van der Waals surface area contributed by atoms with Crippen LogP contribution in [0.3, 0.4) is 0 Å². The van der Waals surface area contributed by atoms with Crippen molar-refractivity contribution in [2.75, 3.05) is 31.1 Å². The fraction of sp³-hybridized carbons (Fsp3) is 0.364. The first-order valence-electron chi connectivity index (χ1n) is 10.0. The van der Waals surface area contributed by atoms with E-state index in [1.807, 2.05) is 31.2 Å². The van der Waals surface area contributed by atoms with Gasteiger partial charge in [-0.3, -0.25) is 9.79 Å². The summed E-state index contributed by atoms with van der Waals surface area (Å²) in [7, 11) is 0. The minimum absolute atomic E-state index is 0. The Hall–Kier alpha value is -2.43. The molecule has 3 rings (SSSR count). The second-order valence-corrected chi connectivity index (χ2v) is 6.95. The minimum Gasteiger partial charge on any atom is -0.482 e. The van der Waals surface area contributed by atoms with Crippen molar-refractivity contribution in [2.45, 2.75) is 26.3 Å². The van der Waals surface area contributed by atoms with Gasteiger partial charge in [0, 0.05) is 31.3 Å². The van der Waals surface area contributed by atoms with Crippen molar-refractivity contribution in [2.24, 2.45) is 4.99 Å².